The molecule has 1 fully saturated rings. The molecule has 1 aliphatic rings. The summed E-state index contributed by atoms with van der Waals surface area (Å²) in [6, 6.07) is 33.0. The SMILES string of the molecule is COc1ccc(C(OCC2CC2C(=O)Oc2c(C(C)(C)C)cc(C)cc2C(C)(C)C)(c2ccccc2)c2ccccc2)cc1. The van der Waals surface area contributed by atoms with Crippen LogP contribution in [-0.2, 0) is 26.0 Å². The van der Waals surface area contributed by atoms with Gasteiger partial charge >= 0.3 is 5.97 Å². The number of carbonyl (C=O) groups excluding carboxylic acids is 1. The fraction of sp³-hybridized carbons (Fsp3) is 0.375. The second kappa shape index (κ2) is 12.2. The van der Waals surface area contributed by atoms with Gasteiger partial charge < -0.3 is 14.2 Å². The van der Waals surface area contributed by atoms with Crippen LogP contribution in [0.1, 0.15) is 81.3 Å². The van der Waals surface area contributed by atoms with E-state index in [2.05, 4.69) is 97.0 Å². The van der Waals surface area contributed by atoms with E-state index in [0.29, 0.717) is 12.4 Å². The lowest BCUT2D eigenvalue weighted by Crippen LogP contribution is -2.34. The van der Waals surface area contributed by atoms with Crippen LogP contribution in [0.3, 0.4) is 0 Å². The predicted octanol–water partition coefficient (Wildman–Crippen LogP) is 9.15. The first kappa shape index (κ1) is 31.5. The minimum absolute atomic E-state index is 0.0640. The molecule has 4 aromatic rings. The molecule has 1 aliphatic carbocycles. The van der Waals surface area contributed by atoms with E-state index in [0.717, 1.165) is 40.0 Å². The molecule has 0 saturated heterocycles. The molecule has 2 unspecified atom stereocenters. The molecular formula is C40H46O4. The summed E-state index contributed by atoms with van der Waals surface area (Å²) < 4.78 is 18.8. The molecule has 4 nitrogen and oxygen atoms in total. The van der Waals surface area contributed by atoms with Crippen LogP contribution in [-0.4, -0.2) is 19.7 Å². The van der Waals surface area contributed by atoms with Gasteiger partial charge in [-0.1, -0.05) is 132 Å². The fourth-order valence-corrected chi connectivity index (χ4v) is 6.05. The third-order valence-corrected chi connectivity index (χ3v) is 8.65. The molecule has 2 atom stereocenters. The van der Waals surface area contributed by atoms with Gasteiger partial charge in [0.1, 0.15) is 17.1 Å². The Morgan fingerprint density at radius 2 is 1.20 bits per heavy atom. The molecule has 0 N–H and O–H groups in total. The maximum atomic E-state index is 13.7. The molecule has 4 heteroatoms. The number of hydrogen-bond donors (Lipinski definition) is 0. The van der Waals surface area contributed by atoms with Gasteiger partial charge in [0.15, 0.2) is 0 Å². The van der Waals surface area contributed by atoms with Crippen LogP contribution >= 0.6 is 0 Å². The van der Waals surface area contributed by atoms with Gasteiger partial charge in [-0.05, 0) is 58.9 Å². The van der Waals surface area contributed by atoms with Gasteiger partial charge in [-0.3, -0.25) is 4.79 Å². The Bertz CT molecular complexity index is 1500. The Morgan fingerprint density at radius 3 is 1.66 bits per heavy atom. The number of esters is 1. The summed E-state index contributed by atoms with van der Waals surface area (Å²) in [5, 5.41) is 0. The van der Waals surface area contributed by atoms with Gasteiger partial charge in [0, 0.05) is 11.1 Å². The number of hydrogen-bond acceptors (Lipinski definition) is 4. The van der Waals surface area contributed by atoms with Gasteiger partial charge in [-0.2, -0.15) is 0 Å². The second-order valence-electron chi connectivity index (χ2n) is 14.2. The van der Waals surface area contributed by atoms with Crippen molar-refractivity contribution in [1.29, 1.82) is 0 Å². The zero-order valence-electron chi connectivity index (χ0n) is 27.4. The van der Waals surface area contributed by atoms with Crippen molar-refractivity contribution in [1.82, 2.24) is 0 Å². The summed E-state index contributed by atoms with van der Waals surface area (Å²) in [6.07, 6.45) is 0.739. The quantitative estimate of drug-likeness (QED) is 0.111. The van der Waals surface area contributed by atoms with Crippen molar-refractivity contribution in [3.05, 3.63) is 130 Å². The first-order valence-corrected chi connectivity index (χ1v) is 15.6. The van der Waals surface area contributed by atoms with E-state index in [9.17, 15) is 4.79 Å². The van der Waals surface area contributed by atoms with Gasteiger partial charge in [-0.25, -0.2) is 0 Å². The standard InChI is InChI=1S/C40H46O4/c1-27-23-34(38(2,3)4)36(35(24-27)39(5,6)7)44-37(41)33-25-28(33)26-43-40(29-15-11-9-12-16-29,30-17-13-10-14-18-30)31-19-21-32(42-8)22-20-31/h9-24,28,33H,25-26H2,1-8H3. The average molecular weight is 591 g/mol. The third-order valence-electron chi connectivity index (χ3n) is 8.65. The van der Waals surface area contributed by atoms with Crippen LogP contribution in [0.4, 0.5) is 0 Å². The van der Waals surface area contributed by atoms with Crippen molar-refractivity contribution in [3.63, 3.8) is 0 Å². The average Bonchev–Trinajstić information content (AvgIpc) is 3.78. The highest BCUT2D eigenvalue weighted by Gasteiger charge is 2.48. The van der Waals surface area contributed by atoms with Gasteiger partial charge in [0.2, 0.25) is 0 Å². The molecule has 230 valence electrons. The van der Waals surface area contributed by atoms with Crippen LogP contribution in [0.2, 0.25) is 0 Å². The number of aryl methyl sites for hydroxylation is 1. The maximum Gasteiger partial charge on any atom is 0.314 e. The van der Waals surface area contributed by atoms with Gasteiger partial charge in [0.05, 0.1) is 19.6 Å². The number of benzene rings is 4. The summed E-state index contributed by atoms with van der Waals surface area (Å²) >= 11 is 0. The summed E-state index contributed by atoms with van der Waals surface area (Å²) in [5.41, 5.74) is 5.16. The predicted molar refractivity (Wildman–Crippen MR) is 178 cm³/mol. The second-order valence-corrected chi connectivity index (χ2v) is 14.2. The summed E-state index contributed by atoms with van der Waals surface area (Å²) in [7, 11) is 1.67. The number of ether oxygens (including phenoxy) is 3. The van der Waals surface area contributed by atoms with Gasteiger partial charge in [-0.15, -0.1) is 0 Å². The molecule has 1 saturated carbocycles. The van der Waals surface area contributed by atoms with Crippen molar-refractivity contribution >= 4 is 5.97 Å². The van der Waals surface area contributed by atoms with Crippen LogP contribution in [0.25, 0.3) is 0 Å². The molecule has 0 spiro atoms. The fourth-order valence-electron chi connectivity index (χ4n) is 6.05. The van der Waals surface area contributed by atoms with E-state index < -0.39 is 5.60 Å². The summed E-state index contributed by atoms with van der Waals surface area (Å²) in [4.78, 5) is 13.7. The van der Waals surface area contributed by atoms with E-state index in [1.807, 2.05) is 48.5 Å². The number of carbonyl (C=O) groups is 1. The molecule has 0 aliphatic heterocycles. The topological polar surface area (TPSA) is 44.8 Å². The Balaban J connectivity index is 1.45. The zero-order valence-corrected chi connectivity index (χ0v) is 27.4. The summed E-state index contributed by atoms with van der Waals surface area (Å²) in [5.74, 6) is 1.18. The van der Waals surface area contributed by atoms with Crippen molar-refractivity contribution in [3.8, 4) is 11.5 Å². The molecule has 0 radical (unpaired) electrons. The molecule has 4 aromatic carbocycles. The van der Waals surface area contributed by atoms with E-state index in [-0.39, 0.29) is 28.6 Å². The van der Waals surface area contributed by atoms with E-state index in [1.54, 1.807) is 7.11 Å². The molecule has 0 amide bonds. The molecule has 0 heterocycles. The minimum atomic E-state index is -0.860. The normalized spacial score (nSPS) is 16.8. The molecule has 44 heavy (non-hydrogen) atoms. The van der Waals surface area contributed by atoms with Crippen molar-refractivity contribution in [2.24, 2.45) is 11.8 Å². The number of rotatable bonds is 9. The Labute approximate surface area is 263 Å². The lowest BCUT2D eigenvalue weighted by Gasteiger charge is -2.36. The van der Waals surface area contributed by atoms with Crippen LogP contribution in [0.15, 0.2) is 97.1 Å². The smallest absolute Gasteiger partial charge is 0.314 e. The monoisotopic (exact) mass is 590 g/mol. The molecule has 0 aromatic heterocycles. The van der Waals surface area contributed by atoms with Crippen LogP contribution in [0.5, 0.6) is 11.5 Å². The Hall–Kier alpha value is -3.89. The third kappa shape index (κ3) is 6.46. The van der Waals surface area contributed by atoms with E-state index >= 15 is 0 Å². The van der Waals surface area contributed by atoms with Crippen molar-refractivity contribution < 1.29 is 19.0 Å². The Kier molecular flexibility index (Phi) is 8.77. The molecule has 0 bridgehead atoms. The van der Waals surface area contributed by atoms with Crippen LogP contribution in [0, 0.1) is 18.8 Å². The highest BCUT2D eigenvalue weighted by atomic mass is 16.5. The molecule has 5 rings (SSSR count). The first-order chi connectivity index (χ1) is 20.8. The summed E-state index contributed by atoms with van der Waals surface area (Å²) in [6.45, 7) is 15.6. The Morgan fingerprint density at radius 1 is 0.727 bits per heavy atom. The van der Waals surface area contributed by atoms with E-state index in [1.165, 1.54) is 5.56 Å². The first-order valence-electron chi connectivity index (χ1n) is 15.6. The van der Waals surface area contributed by atoms with Crippen LogP contribution < -0.4 is 9.47 Å². The van der Waals surface area contributed by atoms with E-state index in [4.69, 9.17) is 14.2 Å². The van der Waals surface area contributed by atoms with Crippen molar-refractivity contribution in [2.45, 2.75) is 71.3 Å². The highest BCUT2D eigenvalue weighted by molar-refractivity contribution is 5.79. The number of methoxy groups -OCH3 is 1. The zero-order chi connectivity index (χ0) is 31.7. The lowest BCUT2D eigenvalue weighted by atomic mass is 9.78. The molecular weight excluding hydrogens is 544 g/mol. The largest absolute Gasteiger partial charge is 0.497 e. The minimum Gasteiger partial charge on any atom is -0.497 e. The van der Waals surface area contributed by atoms with Crippen molar-refractivity contribution in [2.75, 3.05) is 13.7 Å². The lowest BCUT2D eigenvalue weighted by molar-refractivity contribution is -0.136. The highest BCUT2D eigenvalue weighted by Crippen LogP contribution is 2.47. The maximum absolute atomic E-state index is 13.7. The van der Waals surface area contributed by atoms with Gasteiger partial charge in [0.25, 0.3) is 0 Å².